The van der Waals surface area contributed by atoms with Gasteiger partial charge in [-0.3, -0.25) is 0 Å². The zero-order valence-corrected chi connectivity index (χ0v) is 22.2. The molecule has 0 saturated heterocycles. The molecule has 198 valence electrons. The maximum atomic E-state index is 13.2. The van der Waals surface area contributed by atoms with Gasteiger partial charge in [0.2, 0.25) is 0 Å². The Kier molecular flexibility index (Phi) is 7.02. The Hall–Kier alpha value is -0.290. The Labute approximate surface area is 205 Å². The van der Waals surface area contributed by atoms with Gasteiger partial charge < -0.3 is 10.2 Å². The highest BCUT2D eigenvalue weighted by atomic mass is 19.4. The summed E-state index contributed by atoms with van der Waals surface area (Å²) in [5.74, 6) is 3.50. The second-order valence-electron chi connectivity index (χ2n) is 13.8. The van der Waals surface area contributed by atoms with Gasteiger partial charge in [0.05, 0.1) is 5.60 Å². The molecule has 4 aliphatic rings. The van der Waals surface area contributed by atoms with E-state index in [0.717, 1.165) is 63.2 Å². The third kappa shape index (κ3) is 4.37. The van der Waals surface area contributed by atoms with Crippen molar-refractivity contribution in [2.45, 2.75) is 135 Å². The Balaban J connectivity index is 1.47. The molecular formula is C29H49F3O2. The van der Waals surface area contributed by atoms with Gasteiger partial charge in [-0.05, 0) is 137 Å². The topological polar surface area (TPSA) is 40.5 Å². The standard InChI is InChI=1S/C29H49F3O2/c1-6-28(34)16-12-20-7-8-21-23-10-9-22(19(2)11-15-27(5,33)29(30,31)32)26(23,4)14-13-24(21)25(20,3)17-18-28/h19-24,33-34H,6-18H2,1-5H3/t19-,20+,21+,22-,23+,24+,25+,26-,27+,28-/m1/s1. The monoisotopic (exact) mass is 486 g/mol. The van der Waals surface area contributed by atoms with Crippen molar-refractivity contribution in [2.75, 3.05) is 0 Å². The van der Waals surface area contributed by atoms with Crippen molar-refractivity contribution >= 4 is 0 Å². The molecule has 0 heterocycles. The number of rotatable bonds is 5. The first kappa shape index (κ1) is 26.8. The minimum atomic E-state index is -4.57. The fourth-order valence-electron chi connectivity index (χ4n) is 9.65. The van der Waals surface area contributed by atoms with Crippen LogP contribution >= 0.6 is 0 Å². The summed E-state index contributed by atoms with van der Waals surface area (Å²) in [6.07, 6.45) is 8.01. The molecule has 5 heteroatoms. The van der Waals surface area contributed by atoms with Crippen LogP contribution in [0, 0.1) is 46.3 Å². The third-order valence-electron chi connectivity index (χ3n) is 12.3. The summed E-state index contributed by atoms with van der Waals surface area (Å²) in [5.41, 5.74) is -2.54. The van der Waals surface area contributed by atoms with Gasteiger partial charge in [-0.2, -0.15) is 13.2 Å². The van der Waals surface area contributed by atoms with Crippen LogP contribution in [0.25, 0.3) is 0 Å². The SMILES string of the molecule is CC[C@@]1(O)CC[C@@H]2CC[C@@H]3[C@H](CC[C@]4(C)[C@@H]([C@H](C)CC[C@](C)(O)C(F)(F)F)CC[C@@H]34)[C@@]2(C)CC1. The van der Waals surface area contributed by atoms with Gasteiger partial charge in [-0.25, -0.2) is 0 Å². The van der Waals surface area contributed by atoms with E-state index in [0.29, 0.717) is 23.7 Å². The van der Waals surface area contributed by atoms with E-state index < -0.39 is 17.4 Å². The Morgan fingerprint density at radius 1 is 0.882 bits per heavy atom. The van der Waals surface area contributed by atoms with Crippen molar-refractivity contribution in [3.63, 3.8) is 0 Å². The van der Waals surface area contributed by atoms with Crippen LogP contribution in [0.2, 0.25) is 0 Å². The Morgan fingerprint density at radius 2 is 1.56 bits per heavy atom. The molecule has 4 fully saturated rings. The Morgan fingerprint density at radius 3 is 2.21 bits per heavy atom. The summed E-state index contributed by atoms with van der Waals surface area (Å²) >= 11 is 0. The molecule has 4 saturated carbocycles. The van der Waals surface area contributed by atoms with Gasteiger partial charge in [-0.15, -0.1) is 0 Å². The summed E-state index contributed by atoms with van der Waals surface area (Å²) in [4.78, 5) is 0. The van der Waals surface area contributed by atoms with Crippen molar-refractivity contribution in [1.82, 2.24) is 0 Å². The third-order valence-corrected chi connectivity index (χ3v) is 12.3. The fourth-order valence-corrected chi connectivity index (χ4v) is 9.65. The molecule has 2 nitrogen and oxygen atoms in total. The molecule has 0 aromatic carbocycles. The maximum Gasteiger partial charge on any atom is 0.416 e. The van der Waals surface area contributed by atoms with Crippen molar-refractivity contribution in [2.24, 2.45) is 46.3 Å². The molecule has 0 radical (unpaired) electrons. The average molecular weight is 487 g/mol. The van der Waals surface area contributed by atoms with Gasteiger partial charge >= 0.3 is 6.18 Å². The average Bonchev–Trinajstić information content (AvgIpc) is 3.05. The predicted octanol–water partition coefficient (Wildman–Crippen LogP) is 7.91. The lowest BCUT2D eigenvalue weighted by Crippen LogP contribution is -2.52. The van der Waals surface area contributed by atoms with E-state index in [1.165, 1.54) is 32.1 Å². The summed E-state index contributed by atoms with van der Waals surface area (Å²) in [6.45, 7) is 10.2. The van der Waals surface area contributed by atoms with E-state index in [2.05, 4.69) is 27.7 Å². The van der Waals surface area contributed by atoms with Gasteiger partial charge in [-0.1, -0.05) is 27.7 Å². The molecule has 0 bridgehead atoms. The van der Waals surface area contributed by atoms with Crippen molar-refractivity contribution in [3.8, 4) is 0 Å². The number of hydrogen-bond donors (Lipinski definition) is 2. The van der Waals surface area contributed by atoms with Gasteiger partial charge in [0.25, 0.3) is 0 Å². The van der Waals surface area contributed by atoms with E-state index in [-0.39, 0.29) is 17.8 Å². The number of aliphatic hydroxyl groups is 2. The first-order valence-electron chi connectivity index (χ1n) is 14.2. The molecule has 4 rings (SSSR count). The first-order chi connectivity index (χ1) is 15.7. The molecule has 0 aromatic heterocycles. The van der Waals surface area contributed by atoms with E-state index >= 15 is 0 Å². The van der Waals surface area contributed by atoms with Crippen molar-refractivity contribution < 1.29 is 23.4 Å². The minimum Gasteiger partial charge on any atom is -0.390 e. The second-order valence-corrected chi connectivity index (χ2v) is 13.8. The van der Waals surface area contributed by atoms with E-state index in [9.17, 15) is 23.4 Å². The van der Waals surface area contributed by atoms with Gasteiger partial charge in [0.15, 0.2) is 5.60 Å². The Bertz CT molecular complexity index is 735. The van der Waals surface area contributed by atoms with Crippen molar-refractivity contribution in [1.29, 1.82) is 0 Å². The van der Waals surface area contributed by atoms with Crippen LogP contribution in [0.1, 0.15) is 118 Å². The highest BCUT2D eigenvalue weighted by Crippen LogP contribution is 2.68. The van der Waals surface area contributed by atoms with Crippen LogP contribution in [0.5, 0.6) is 0 Å². The number of hydrogen-bond acceptors (Lipinski definition) is 2. The zero-order valence-electron chi connectivity index (χ0n) is 22.2. The zero-order chi connectivity index (χ0) is 25.2. The molecule has 0 amide bonds. The number of alkyl halides is 3. The van der Waals surface area contributed by atoms with Crippen LogP contribution in [-0.2, 0) is 0 Å². The van der Waals surface area contributed by atoms with E-state index in [1.54, 1.807) is 0 Å². The molecule has 0 unspecified atom stereocenters. The molecular weight excluding hydrogens is 437 g/mol. The fraction of sp³-hybridized carbons (Fsp3) is 1.00. The molecule has 34 heavy (non-hydrogen) atoms. The summed E-state index contributed by atoms with van der Waals surface area (Å²) in [7, 11) is 0. The largest absolute Gasteiger partial charge is 0.416 e. The lowest BCUT2D eigenvalue weighted by molar-refractivity contribution is -0.256. The quantitative estimate of drug-likeness (QED) is 0.414. The van der Waals surface area contributed by atoms with Crippen LogP contribution in [0.15, 0.2) is 0 Å². The number of fused-ring (bicyclic) bond motifs is 5. The van der Waals surface area contributed by atoms with Crippen LogP contribution in [0.4, 0.5) is 13.2 Å². The summed E-state index contributed by atoms with van der Waals surface area (Å²) in [6, 6.07) is 0. The van der Waals surface area contributed by atoms with Crippen LogP contribution in [-0.4, -0.2) is 27.6 Å². The van der Waals surface area contributed by atoms with Crippen LogP contribution in [0.3, 0.4) is 0 Å². The van der Waals surface area contributed by atoms with E-state index in [4.69, 9.17) is 0 Å². The lowest BCUT2D eigenvalue weighted by atomic mass is 9.46. The molecule has 0 aliphatic heterocycles. The summed E-state index contributed by atoms with van der Waals surface area (Å²) < 4.78 is 39.6. The van der Waals surface area contributed by atoms with E-state index in [1.807, 2.05) is 0 Å². The normalized spacial score (nSPS) is 47.6. The molecule has 0 spiro atoms. The predicted molar refractivity (Wildman–Crippen MR) is 130 cm³/mol. The maximum absolute atomic E-state index is 13.2. The van der Waals surface area contributed by atoms with Gasteiger partial charge in [0.1, 0.15) is 0 Å². The molecule has 2 N–H and O–H groups in total. The lowest BCUT2D eigenvalue weighted by Gasteiger charge is -2.59. The highest BCUT2D eigenvalue weighted by molar-refractivity contribution is 5.10. The minimum absolute atomic E-state index is 0.199. The van der Waals surface area contributed by atoms with Gasteiger partial charge in [0, 0.05) is 0 Å². The highest BCUT2D eigenvalue weighted by Gasteiger charge is 2.60. The first-order valence-corrected chi connectivity index (χ1v) is 14.2. The smallest absolute Gasteiger partial charge is 0.390 e. The molecule has 10 atom stereocenters. The summed E-state index contributed by atoms with van der Waals surface area (Å²) in [5, 5.41) is 21.0. The number of halogens is 3. The van der Waals surface area contributed by atoms with Crippen molar-refractivity contribution in [3.05, 3.63) is 0 Å². The molecule has 0 aromatic rings. The molecule has 4 aliphatic carbocycles. The van der Waals surface area contributed by atoms with Crippen LogP contribution < -0.4 is 0 Å². The second kappa shape index (κ2) is 8.92.